The second kappa shape index (κ2) is 9.67. The molecule has 6 rings (SSSR count). The summed E-state index contributed by atoms with van der Waals surface area (Å²) in [6.45, 7) is 2.51. The summed E-state index contributed by atoms with van der Waals surface area (Å²) in [6.07, 6.45) is 3.85. The molecular formula is C28H26Cl2N4O4. The minimum Gasteiger partial charge on any atom is -0.478 e. The highest BCUT2D eigenvalue weighted by Crippen LogP contribution is 2.46. The van der Waals surface area contributed by atoms with Gasteiger partial charge in [-0.1, -0.05) is 34.4 Å². The second-order valence-corrected chi connectivity index (χ2v) is 10.8. The molecule has 1 aliphatic carbocycles. The SMILES string of the molecule is Cn1cc(C(=O)O)c2ccc(N3CCN(C(=O)Cc4c(-c5c(Cl)cccc5Cl)noc4C4CC4)CC3)cc21. The third kappa shape index (κ3) is 4.41. The summed E-state index contributed by atoms with van der Waals surface area (Å²) in [5.74, 6) is 0.127. The van der Waals surface area contributed by atoms with Gasteiger partial charge in [0.05, 0.1) is 27.5 Å². The largest absolute Gasteiger partial charge is 0.478 e. The molecule has 2 aromatic heterocycles. The number of carbonyl (C=O) groups excluding carboxylic acids is 1. The van der Waals surface area contributed by atoms with Gasteiger partial charge in [-0.05, 0) is 43.2 Å². The van der Waals surface area contributed by atoms with Crippen LogP contribution < -0.4 is 4.90 Å². The molecule has 0 spiro atoms. The first-order valence-electron chi connectivity index (χ1n) is 12.6. The van der Waals surface area contributed by atoms with Gasteiger partial charge in [0.15, 0.2) is 0 Å². The predicted molar refractivity (Wildman–Crippen MR) is 146 cm³/mol. The number of piperazine rings is 1. The van der Waals surface area contributed by atoms with Crippen LogP contribution in [0.4, 0.5) is 5.69 Å². The summed E-state index contributed by atoms with van der Waals surface area (Å²) in [6, 6.07) is 11.1. The van der Waals surface area contributed by atoms with Crippen molar-refractivity contribution in [3.8, 4) is 11.3 Å². The van der Waals surface area contributed by atoms with Crippen molar-refractivity contribution < 1.29 is 19.2 Å². The zero-order valence-corrected chi connectivity index (χ0v) is 22.3. The van der Waals surface area contributed by atoms with Crippen LogP contribution in [0.25, 0.3) is 22.2 Å². The van der Waals surface area contributed by atoms with Crippen LogP contribution in [-0.4, -0.2) is 57.8 Å². The number of halogens is 2. The Kier molecular flexibility index (Phi) is 6.32. The quantitative estimate of drug-likeness (QED) is 0.334. The zero-order valence-electron chi connectivity index (χ0n) is 20.8. The molecule has 2 fully saturated rings. The first-order chi connectivity index (χ1) is 18.3. The van der Waals surface area contributed by atoms with Crippen molar-refractivity contribution in [2.24, 2.45) is 7.05 Å². The van der Waals surface area contributed by atoms with E-state index in [1.807, 2.05) is 34.7 Å². The fraction of sp³-hybridized carbons (Fsp3) is 0.321. The highest BCUT2D eigenvalue weighted by atomic mass is 35.5. The first kappa shape index (κ1) is 24.8. The summed E-state index contributed by atoms with van der Waals surface area (Å²) >= 11 is 12.9. The van der Waals surface area contributed by atoms with Gasteiger partial charge in [-0.2, -0.15) is 0 Å². The second-order valence-electron chi connectivity index (χ2n) is 9.95. The summed E-state index contributed by atoms with van der Waals surface area (Å²) in [5, 5.41) is 15.4. The van der Waals surface area contributed by atoms with Gasteiger partial charge in [-0.25, -0.2) is 4.79 Å². The van der Waals surface area contributed by atoms with Gasteiger partial charge in [-0.15, -0.1) is 0 Å². The molecule has 1 saturated carbocycles. The maximum absolute atomic E-state index is 13.5. The molecule has 0 atom stereocenters. The van der Waals surface area contributed by atoms with Gasteiger partial charge in [0.2, 0.25) is 5.91 Å². The molecule has 1 saturated heterocycles. The summed E-state index contributed by atoms with van der Waals surface area (Å²) in [4.78, 5) is 29.1. The number of aromatic nitrogens is 2. The molecule has 0 bridgehead atoms. The van der Waals surface area contributed by atoms with Crippen LogP contribution >= 0.6 is 23.2 Å². The molecule has 196 valence electrons. The topological polar surface area (TPSA) is 91.8 Å². The Balaban J connectivity index is 1.19. The number of carboxylic acids is 1. The molecule has 1 N–H and O–H groups in total. The molecule has 0 unspecified atom stereocenters. The van der Waals surface area contributed by atoms with Crippen molar-refractivity contribution in [1.29, 1.82) is 0 Å². The first-order valence-corrected chi connectivity index (χ1v) is 13.4. The number of aromatic carboxylic acids is 1. The van der Waals surface area contributed by atoms with Crippen molar-refractivity contribution in [3.63, 3.8) is 0 Å². The number of carbonyl (C=O) groups is 2. The third-order valence-electron chi connectivity index (χ3n) is 7.50. The van der Waals surface area contributed by atoms with Crippen molar-refractivity contribution in [1.82, 2.24) is 14.6 Å². The summed E-state index contributed by atoms with van der Waals surface area (Å²) in [7, 11) is 1.85. The minimum atomic E-state index is -0.937. The third-order valence-corrected chi connectivity index (χ3v) is 8.13. The Labute approximate surface area is 229 Å². The van der Waals surface area contributed by atoms with E-state index in [-0.39, 0.29) is 18.2 Å². The van der Waals surface area contributed by atoms with Crippen LogP contribution in [0.1, 0.15) is 40.4 Å². The van der Waals surface area contributed by atoms with Gasteiger partial charge in [0.25, 0.3) is 0 Å². The Hall–Kier alpha value is -3.49. The lowest BCUT2D eigenvalue weighted by atomic mass is 10.0. The normalized spacial score (nSPS) is 15.9. The average Bonchev–Trinajstić information content (AvgIpc) is 3.59. The molecule has 2 aliphatic rings. The van der Waals surface area contributed by atoms with E-state index in [1.54, 1.807) is 24.4 Å². The predicted octanol–water partition coefficient (Wildman–Crippen LogP) is 5.61. The molecule has 0 radical (unpaired) electrons. The van der Waals surface area contributed by atoms with E-state index in [9.17, 15) is 14.7 Å². The Morgan fingerprint density at radius 2 is 1.79 bits per heavy atom. The number of anilines is 1. The van der Waals surface area contributed by atoms with Crippen LogP contribution in [0, 0.1) is 0 Å². The van der Waals surface area contributed by atoms with Crippen molar-refractivity contribution >= 4 is 51.7 Å². The van der Waals surface area contributed by atoms with Crippen LogP contribution in [0.2, 0.25) is 10.0 Å². The van der Waals surface area contributed by atoms with E-state index in [4.69, 9.17) is 27.7 Å². The number of hydrogen-bond donors (Lipinski definition) is 1. The lowest BCUT2D eigenvalue weighted by Crippen LogP contribution is -2.49. The fourth-order valence-corrected chi connectivity index (χ4v) is 5.87. The molecule has 1 amide bonds. The standard InChI is InChI=1S/C28H26Cl2N4O4/c1-32-15-20(28(36)37)18-8-7-17(13-23(18)32)33-9-11-34(12-10-33)24(35)14-19-26(31-38-27(19)16-5-6-16)25-21(29)3-2-4-22(25)30/h2-4,7-8,13,15-16H,5-6,9-12,14H2,1H3,(H,36,37). The smallest absolute Gasteiger partial charge is 0.337 e. The van der Waals surface area contributed by atoms with Crippen molar-refractivity contribution in [2.45, 2.75) is 25.2 Å². The van der Waals surface area contributed by atoms with E-state index >= 15 is 0 Å². The van der Waals surface area contributed by atoms with E-state index < -0.39 is 5.97 Å². The van der Waals surface area contributed by atoms with E-state index in [0.29, 0.717) is 58.4 Å². The maximum Gasteiger partial charge on any atom is 0.337 e. The number of hydrogen-bond acceptors (Lipinski definition) is 5. The molecule has 4 aromatic rings. The molecule has 8 nitrogen and oxygen atoms in total. The molecular weight excluding hydrogens is 527 g/mol. The summed E-state index contributed by atoms with van der Waals surface area (Å²) < 4.78 is 7.56. The van der Waals surface area contributed by atoms with Gasteiger partial charge in [-0.3, -0.25) is 4.79 Å². The highest BCUT2D eigenvalue weighted by molar-refractivity contribution is 6.39. The van der Waals surface area contributed by atoms with Gasteiger partial charge < -0.3 is 24.0 Å². The lowest BCUT2D eigenvalue weighted by molar-refractivity contribution is -0.130. The van der Waals surface area contributed by atoms with E-state index in [2.05, 4.69) is 10.1 Å². The van der Waals surface area contributed by atoms with Gasteiger partial charge in [0.1, 0.15) is 11.5 Å². The van der Waals surface area contributed by atoms with Crippen LogP contribution in [0.5, 0.6) is 0 Å². The highest BCUT2D eigenvalue weighted by Gasteiger charge is 2.35. The number of nitrogens with zero attached hydrogens (tertiary/aromatic N) is 4. The van der Waals surface area contributed by atoms with E-state index in [0.717, 1.165) is 35.4 Å². The Morgan fingerprint density at radius 3 is 2.45 bits per heavy atom. The van der Waals surface area contributed by atoms with Crippen LogP contribution in [-0.2, 0) is 18.3 Å². The van der Waals surface area contributed by atoms with Crippen molar-refractivity contribution in [2.75, 3.05) is 31.1 Å². The minimum absolute atomic E-state index is 0.0168. The fourth-order valence-electron chi connectivity index (χ4n) is 5.30. The van der Waals surface area contributed by atoms with Crippen molar-refractivity contribution in [3.05, 3.63) is 69.5 Å². The Bertz CT molecular complexity index is 1540. The number of carboxylic acid groups (broad SMARTS) is 1. The zero-order chi connectivity index (χ0) is 26.6. The molecule has 1 aliphatic heterocycles. The number of rotatable bonds is 6. The number of benzene rings is 2. The number of fused-ring (bicyclic) bond motifs is 1. The van der Waals surface area contributed by atoms with Gasteiger partial charge >= 0.3 is 5.97 Å². The van der Waals surface area contributed by atoms with Crippen LogP contribution in [0.15, 0.2) is 47.1 Å². The lowest BCUT2D eigenvalue weighted by Gasteiger charge is -2.36. The summed E-state index contributed by atoms with van der Waals surface area (Å²) in [5.41, 5.74) is 4.09. The number of aryl methyl sites for hydroxylation is 1. The monoisotopic (exact) mass is 552 g/mol. The average molecular weight is 553 g/mol. The van der Waals surface area contributed by atoms with Crippen LogP contribution in [0.3, 0.4) is 0 Å². The number of amides is 1. The molecule has 10 heteroatoms. The molecule has 3 heterocycles. The van der Waals surface area contributed by atoms with Gasteiger partial charge in [0, 0.05) is 67.5 Å². The maximum atomic E-state index is 13.5. The Morgan fingerprint density at radius 1 is 1.08 bits per heavy atom. The van der Waals surface area contributed by atoms with E-state index in [1.165, 1.54) is 0 Å². The molecule has 38 heavy (non-hydrogen) atoms. The molecule has 2 aromatic carbocycles.